The molecule has 10 nitrogen and oxygen atoms in total. The zero-order chi connectivity index (χ0) is 21.4. The lowest BCUT2D eigenvalue weighted by molar-refractivity contribution is -0.161. The van der Waals surface area contributed by atoms with Gasteiger partial charge in [0.15, 0.2) is 5.92 Å². The third-order valence-electron chi connectivity index (χ3n) is 4.10. The van der Waals surface area contributed by atoms with E-state index in [1.165, 1.54) is 38.3 Å². The normalized spacial score (nSPS) is 12.5. The van der Waals surface area contributed by atoms with Gasteiger partial charge in [-0.25, -0.2) is 4.79 Å². The largest absolute Gasteiger partial charge is 0.468 e. The maximum absolute atomic E-state index is 12.5. The number of carbonyl (C=O) groups is 5. The molecule has 152 valence electrons. The predicted octanol–water partition coefficient (Wildman–Crippen LogP) is -0.345. The Morgan fingerprint density at radius 2 is 1.46 bits per heavy atom. The van der Waals surface area contributed by atoms with Crippen molar-refractivity contribution in [1.82, 2.24) is 5.32 Å². The van der Waals surface area contributed by atoms with Crippen LogP contribution in [0.3, 0.4) is 0 Å². The summed E-state index contributed by atoms with van der Waals surface area (Å²) in [5.41, 5.74) is 5.53. The van der Waals surface area contributed by atoms with Crippen LogP contribution in [-0.4, -0.2) is 57.1 Å². The summed E-state index contributed by atoms with van der Waals surface area (Å²) < 4.78 is 13.7. The molecule has 0 spiro atoms. The quantitative estimate of drug-likeness (QED) is 0.345. The number of hydrogen-bond donors (Lipinski definition) is 2. The van der Waals surface area contributed by atoms with Gasteiger partial charge in [-0.1, -0.05) is 13.0 Å². The van der Waals surface area contributed by atoms with E-state index in [0.717, 1.165) is 14.2 Å². The van der Waals surface area contributed by atoms with Crippen LogP contribution in [0.15, 0.2) is 24.3 Å². The van der Waals surface area contributed by atoms with Gasteiger partial charge in [0.25, 0.3) is 5.91 Å². The van der Waals surface area contributed by atoms with Crippen molar-refractivity contribution in [2.75, 3.05) is 21.3 Å². The number of amides is 2. The second-order valence-corrected chi connectivity index (χ2v) is 5.81. The minimum absolute atomic E-state index is 0.0500. The molecule has 28 heavy (non-hydrogen) atoms. The van der Waals surface area contributed by atoms with Gasteiger partial charge in [0.1, 0.15) is 6.04 Å². The molecule has 0 unspecified atom stereocenters. The summed E-state index contributed by atoms with van der Waals surface area (Å²) in [6.07, 6.45) is 0. The van der Waals surface area contributed by atoms with E-state index in [4.69, 9.17) is 5.73 Å². The number of ether oxygens (including phenoxy) is 3. The van der Waals surface area contributed by atoms with Crippen molar-refractivity contribution in [2.24, 2.45) is 17.6 Å². The Hall–Kier alpha value is -3.43. The van der Waals surface area contributed by atoms with Crippen LogP contribution in [0.1, 0.15) is 27.6 Å². The first-order chi connectivity index (χ1) is 13.2. The molecule has 0 fully saturated rings. The lowest BCUT2D eigenvalue weighted by atomic mass is 9.86. The average molecular weight is 394 g/mol. The summed E-state index contributed by atoms with van der Waals surface area (Å²) in [6, 6.07) is 4.18. The second-order valence-electron chi connectivity index (χ2n) is 5.81. The summed E-state index contributed by atoms with van der Waals surface area (Å²) in [4.78, 5) is 59.9. The van der Waals surface area contributed by atoms with E-state index >= 15 is 0 Å². The summed E-state index contributed by atoms with van der Waals surface area (Å²) >= 11 is 0. The highest BCUT2D eigenvalue weighted by atomic mass is 16.5. The molecular formula is C18H22N2O8. The van der Waals surface area contributed by atoms with Gasteiger partial charge in [-0.05, 0) is 18.2 Å². The van der Waals surface area contributed by atoms with Crippen LogP contribution in [0.25, 0.3) is 0 Å². The van der Waals surface area contributed by atoms with Crippen molar-refractivity contribution in [3.63, 3.8) is 0 Å². The number of nitrogens with one attached hydrogen (secondary N) is 1. The Labute approximate surface area is 161 Å². The molecule has 0 saturated heterocycles. The first kappa shape index (κ1) is 22.6. The Balaban J connectivity index is 3.14. The number of benzene rings is 1. The lowest BCUT2D eigenvalue weighted by Gasteiger charge is -2.26. The van der Waals surface area contributed by atoms with Crippen LogP contribution >= 0.6 is 0 Å². The first-order valence-electron chi connectivity index (χ1n) is 8.12. The number of hydrogen-bond acceptors (Lipinski definition) is 8. The van der Waals surface area contributed by atoms with E-state index in [-0.39, 0.29) is 11.1 Å². The molecule has 1 rings (SSSR count). The van der Waals surface area contributed by atoms with E-state index in [1.807, 2.05) is 0 Å². The summed E-state index contributed by atoms with van der Waals surface area (Å²) in [5.74, 6) is -6.78. The van der Waals surface area contributed by atoms with Crippen molar-refractivity contribution in [3.8, 4) is 0 Å². The van der Waals surface area contributed by atoms with E-state index in [9.17, 15) is 24.0 Å². The third-order valence-corrected chi connectivity index (χ3v) is 4.10. The zero-order valence-corrected chi connectivity index (χ0v) is 15.9. The summed E-state index contributed by atoms with van der Waals surface area (Å²) in [5, 5.41) is 2.37. The number of methoxy groups -OCH3 is 3. The zero-order valence-electron chi connectivity index (χ0n) is 15.9. The molecule has 0 aromatic heterocycles. The molecule has 0 heterocycles. The topological polar surface area (TPSA) is 151 Å². The van der Waals surface area contributed by atoms with Gasteiger partial charge in [0.2, 0.25) is 5.91 Å². The van der Waals surface area contributed by atoms with Gasteiger partial charge in [0, 0.05) is 11.5 Å². The van der Waals surface area contributed by atoms with Gasteiger partial charge < -0.3 is 25.3 Å². The predicted molar refractivity (Wildman–Crippen MR) is 94.9 cm³/mol. The molecule has 0 aliphatic carbocycles. The van der Waals surface area contributed by atoms with Gasteiger partial charge in [0.05, 0.1) is 26.9 Å². The van der Waals surface area contributed by atoms with Crippen molar-refractivity contribution in [2.45, 2.75) is 13.0 Å². The number of nitrogens with two attached hydrogens (primary N) is 1. The van der Waals surface area contributed by atoms with Crippen LogP contribution in [0.4, 0.5) is 0 Å². The smallest absolute Gasteiger partial charge is 0.337 e. The van der Waals surface area contributed by atoms with Crippen LogP contribution in [-0.2, 0) is 28.6 Å². The summed E-state index contributed by atoms with van der Waals surface area (Å²) in [6.45, 7) is 1.37. The monoisotopic (exact) mass is 394 g/mol. The number of carbonyl (C=O) groups excluding carboxylic acids is 5. The Morgan fingerprint density at radius 1 is 0.929 bits per heavy atom. The molecule has 0 aliphatic heterocycles. The van der Waals surface area contributed by atoms with Crippen LogP contribution in [0, 0.1) is 11.8 Å². The van der Waals surface area contributed by atoms with Crippen molar-refractivity contribution in [1.29, 1.82) is 0 Å². The van der Waals surface area contributed by atoms with Gasteiger partial charge in [-0.3, -0.25) is 19.2 Å². The van der Waals surface area contributed by atoms with E-state index in [1.54, 1.807) is 0 Å². The van der Waals surface area contributed by atoms with Gasteiger partial charge in [-0.15, -0.1) is 0 Å². The van der Waals surface area contributed by atoms with Crippen molar-refractivity contribution < 1.29 is 38.2 Å². The molecular weight excluding hydrogens is 372 g/mol. The highest BCUT2D eigenvalue weighted by Crippen LogP contribution is 2.20. The molecule has 1 aromatic rings. The molecule has 10 heteroatoms. The van der Waals surface area contributed by atoms with Crippen LogP contribution in [0.2, 0.25) is 0 Å². The highest BCUT2D eigenvalue weighted by Gasteiger charge is 2.41. The highest BCUT2D eigenvalue weighted by molar-refractivity contribution is 6.01. The van der Waals surface area contributed by atoms with Crippen molar-refractivity contribution >= 4 is 29.7 Å². The Kier molecular flexibility index (Phi) is 8.11. The van der Waals surface area contributed by atoms with E-state index in [2.05, 4.69) is 19.5 Å². The SMILES string of the molecule is COC(=O)c1cccc(C(=O)N[C@@H](C(N)=O)[C@H](C)C(C(=O)OC)C(=O)OC)c1. The number of primary amides is 1. The summed E-state index contributed by atoms with van der Waals surface area (Å²) in [7, 11) is 3.34. The molecule has 2 amide bonds. The fourth-order valence-corrected chi connectivity index (χ4v) is 2.56. The standard InChI is InChI=1S/C18H22N2O8/c1-9(12(17(24)27-3)18(25)28-4)13(14(19)21)20-15(22)10-6-5-7-11(8-10)16(23)26-2/h5-9,12-13H,1-4H3,(H2,19,21)(H,20,22)/t9-,13-/m1/s1. The van der Waals surface area contributed by atoms with E-state index in [0.29, 0.717) is 0 Å². The molecule has 0 aliphatic rings. The maximum atomic E-state index is 12.5. The number of esters is 3. The average Bonchev–Trinajstić information content (AvgIpc) is 2.70. The van der Waals surface area contributed by atoms with Crippen molar-refractivity contribution in [3.05, 3.63) is 35.4 Å². The molecule has 0 bridgehead atoms. The molecule has 0 saturated carbocycles. The van der Waals surface area contributed by atoms with Crippen LogP contribution in [0.5, 0.6) is 0 Å². The van der Waals surface area contributed by atoms with Gasteiger partial charge >= 0.3 is 17.9 Å². The second kappa shape index (κ2) is 10.0. The minimum Gasteiger partial charge on any atom is -0.468 e. The van der Waals surface area contributed by atoms with Gasteiger partial charge in [-0.2, -0.15) is 0 Å². The Bertz CT molecular complexity index is 761. The third kappa shape index (κ3) is 5.29. The molecule has 2 atom stereocenters. The minimum atomic E-state index is -1.48. The molecule has 1 aromatic carbocycles. The van der Waals surface area contributed by atoms with Crippen LogP contribution < -0.4 is 11.1 Å². The van der Waals surface area contributed by atoms with E-state index < -0.39 is 47.6 Å². The lowest BCUT2D eigenvalue weighted by Crippen LogP contribution is -2.52. The molecule has 0 radical (unpaired) electrons. The molecule has 3 N–H and O–H groups in total. The maximum Gasteiger partial charge on any atom is 0.337 e. The number of rotatable bonds is 8. The first-order valence-corrected chi connectivity index (χ1v) is 8.12. The fourth-order valence-electron chi connectivity index (χ4n) is 2.56. The fraction of sp³-hybridized carbons (Fsp3) is 0.389. The Morgan fingerprint density at radius 3 is 1.93 bits per heavy atom.